The molecule has 6 atom stereocenters. The van der Waals surface area contributed by atoms with E-state index < -0.39 is 4.92 Å². The number of hydrogen-bond acceptors (Lipinski definition) is 8. The number of nitro benzene ring substituents is 1. The molecule has 0 spiro atoms. The summed E-state index contributed by atoms with van der Waals surface area (Å²) in [4.78, 5) is 43.3. The van der Waals surface area contributed by atoms with Crippen molar-refractivity contribution in [3.05, 3.63) is 93.5 Å². The summed E-state index contributed by atoms with van der Waals surface area (Å²) >= 11 is 1.74. The fraction of sp³-hybridized carbons (Fsp3) is 0.500. The number of amides is 2. The second-order valence-corrected chi connectivity index (χ2v) is 16.5. The van der Waals surface area contributed by atoms with Crippen molar-refractivity contribution in [2.45, 2.75) is 64.7 Å². The number of rotatable bonds is 13. The van der Waals surface area contributed by atoms with E-state index in [0.29, 0.717) is 65.4 Å². The van der Waals surface area contributed by atoms with Crippen LogP contribution in [0, 0.1) is 33.3 Å². The largest absolute Gasteiger partial charge is 0.496 e. The van der Waals surface area contributed by atoms with E-state index in [1.807, 2.05) is 67.5 Å². The van der Waals surface area contributed by atoms with Gasteiger partial charge in [0.2, 0.25) is 5.91 Å². The number of nitro groups is 1. The first kappa shape index (κ1) is 36.8. The highest BCUT2D eigenvalue weighted by atomic mass is 32.2. The summed E-state index contributed by atoms with van der Waals surface area (Å²) in [6.45, 7) is 8.12. The molecule has 1 heterocycles. The second kappa shape index (κ2) is 15.4. The van der Waals surface area contributed by atoms with E-state index in [1.54, 1.807) is 24.9 Å². The molecule has 2 bridgehead atoms. The molecule has 1 saturated heterocycles. The summed E-state index contributed by atoms with van der Waals surface area (Å²) in [6, 6.07) is 19.9. The zero-order valence-corrected chi connectivity index (χ0v) is 31.4. The van der Waals surface area contributed by atoms with Crippen LogP contribution in [0.5, 0.6) is 5.75 Å². The maximum Gasteiger partial charge on any atom is 0.270 e. The smallest absolute Gasteiger partial charge is 0.270 e. The molecule has 3 aromatic carbocycles. The molecular weight excluding hydrogens is 663 g/mol. The Kier molecular flexibility index (Phi) is 11.1. The number of thioether (sulfide) groups is 1. The molecule has 2 N–H and O–H groups in total. The van der Waals surface area contributed by atoms with Crippen molar-refractivity contribution in [2.75, 3.05) is 39.4 Å². The summed E-state index contributed by atoms with van der Waals surface area (Å²) in [7, 11) is 5.48. The van der Waals surface area contributed by atoms with Crippen LogP contribution in [-0.4, -0.2) is 84.0 Å². The molecule has 4 fully saturated rings. The van der Waals surface area contributed by atoms with Crippen LogP contribution in [0.1, 0.15) is 55.1 Å². The number of benzene rings is 3. The van der Waals surface area contributed by atoms with Gasteiger partial charge < -0.3 is 20.3 Å². The zero-order chi connectivity index (χ0) is 36.4. The topological polar surface area (TPSA) is 117 Å². The third-order valence-corrected chi connectivity index (χ3v) is 12.6. The first-order valence-electron chi connectivity index (χ1n) is 17.9. The Morgan fingerprint density at radius 2 is 1.86 bits per heavy atom. The standard InChI is InChI=1S/C40H51N5O5S/c1-25-34-19-30(40(34,2)3)20-35(25)42-39(47)36-23-51-24-44(36)21-27-13-10-14-33(37(27)50-6)28-16-29(18-32(17-28)45(48)49)38(46)41-31(22-43(4)5)15-26-11-8-7-9-12-26/h7-14,16-18,25,30-31,34-36H,15,19-24H2,1-6H3,(H,41,46)(H,42,47)/t25-,30+,31-,34-,35-,36-/m0/s1. The van der Waals surface area contributed by atoms with E-state index in [0.717, 1.165) is 23.3 Å². The number of hydrogen-bond donors (Lipinski definition) is 2. The van der Waals surface area contributed by atoms with Crippen molar-refractivity contribution in [2.24, 2.45) is 23.2 Å². The van der Waals surface area contributed by atoms with Crippen molar-refractivity contribution in [1.82, 2.24) is 20.4 Å². The summed E-state index contributed by atoms with van der Waals surface area (Å²) < 4.78 is 5.97. The lowest BCUT2D eigenvalue weighted by Gasteiger charge is -2.62. The predicted molar refractivity (Wildman–Crippen MR) is 203 cm³/mol. The molecule has 272 valence electrons. The summed E-state index contributed by atoms with van der Waals surface area (Å²) in [5.41, 5.74) is 3.50. The van der Waals surface area contributed by atoms with Crippen molar-refractivity contribution >= 4 is 29.3 Å². The summed E-state index contributed by atoms with van der Waals surface area (Å²) in [6.07, 6.45) is 2.93. The number of non-ortho nitro benzene ring substituents is 1. The van der Waals surface area contributed by atoms with E-state index in [9.17, 15) is 19.7 Å². The molecule has 1 aliphatic heterocycles. The van der Waals surface area contributed by atoms with Gasteiger partial charge in [0.05, 0.1) is 18.1 Å². The fourth-order valence-corrected chi connectivity index (χ4v) is 9.86. The molecule has 2 amide bonds. The Morgan fingerprint density at radius 1 is 1.10 bits per heavy atom. The lowest BCUT2D eigenvalue weighted by Crippen LogP contribution is -2.62. The molecule has 3 saturated carbocycles. The van der Waals surface area contributed by atoms with Crippen molar-refractivity contribution in [1.29, 1.82) is 0 Å². The first-order valence-corrected chi connectivity index (χ1v) is 19.1. The van der Waals surface area contributed by atoms with Gasteiger partial charge >= 0.3 is 0 Å². The molecule has 0 aromatic heterocycles. The van der Waals surface area contributed by atoms with Gasteiger partial charge in [0, 0.05) is 65.6 Å². The van der Waals surface area contributed by atoms with E-state index in [-0.39, 0.29) is 41.2 Å². The van der Waals surface area contributed by atoms with Gasteiger partial charge in [0.25, 0.3) is 11.6 Å². The number of ether oxygens (including phenoxy) is 1. The Labute approximate surface area is 305 Å². The number of para-hydroxylation sites is 1. The Morgan fingerprint density at radius 3 is 2.53 bits per heavy atom. The molecule has 10 nitrogen and oxygen atoms in total. The number of nitrogens with one attached hydrogen (secondary N) is 2. The van der Waals surface area contributed by atoms with Gasteiger partial charge in [-0.3, -0.25) is 24.6 Å². The quantitative estimate of drug-likeness (QED) is 0.158. The van der Waals surface area contributed by atoms with Gasteiger partial charge in [-0.2, -0.15) is 0 Å². The van der Waals surface area contributed by atoms with Gasteiger partial charge in [-0.25, -0.2) is 0 Å². The Hall–Kier alpha value is -3.93. The van der Waals surface area contributed by atoms with Crippen LogP contribution in [0.25, 0.3) is 11.1 Å². The van der Waals surface area contributed by atoms with Gasteiger partial charge in [-0.05, 0) is 73.7 Å². The first-order chi connectivity index (χ1) is 24.3. The highest BCUT2D eigenvalue weighted by molar-refractivity contribution is 7.99. The van der Waals surface area contributed by atoms with Crippen LogP contribution >= 0.6 is 11.8 Å². The maximum atomic E-state index is 13.7. The van der Waals surface area contributed by atoms with Crippen LogP contribution in [0.2, 0.25) is 0 Å². The Balaban J connectivity index is 1.21. The highest BCUT2D eigenvalue weighted by Crippen LogP contribution is 2.61. The van der Waals surface area contributed by atoms with E-state index >= 15 is 0 Å². The number of methoxy groups -OCH3 is 1. The maximum absolute atomic E-state index is 13.7. The Bertz CT molecular complexity index is 1750. The average Bonchev–Trinajstić information content (AvgIpc) is 3.57. The SMILES string of the molecule is COc1c(CN2CSC[C@H]2C(=O)N[C@H]2C[C@H]3C[C@@H]([C@@H]2C)C3(C)C)cccc1-c1cc(C(=O)N[C@@H](Cc2ccccc2)CN(C)C)cc([N+](=O)[O-])c1. The van der Waals surface area contributed by atoms with E-state index in [2.05, 4.69) is 36.3 Å². The normalized spacial score (nSPS) is 24.4. The van der Waals surface area contributed by atoms with Crippen LogP contribution < -0.4 is 15.4 Å². The second-order valence-electron chi connectivity index (χ2n) is 15.5. The molecule has 7 rings (SSSR count). The summed E-state index contributed by atoms with van der Waals surface area (Å²) in [5.74, 6) is 3.47. The molecule has 3 aliphatic carbocycles. The highest BCUT2D eigenvalue weighted by Gasteiger charge is 2.56. The number of fused-ring (bicyclic) bond motifs is 2. The molecule has 0 radical (unpaired) electrons. The van der Waals surface area contributed by atoms with Crippen molar-refractivity contribution in [3.8, 4) is 16.9 Å². The number of carbonyl (C=O) groups is 2. The fourth-order valence-electron chi connectivity index (χ4n) is 8.66. The number of likely N-dealkylation sites (N-methyl/N-ethyl adjacent to an activating group) is 1. The third kappa shape index (κ3) is 7.95. The van der Waals surface area contributed by atoms with Crippen molar-refractivity contribution in [3.63, 3.8) is 0 Å². The van der Waals surface area contributed by atoms with Gasteiger partial charge in [0.1, 0.15) is 5.75 Å². The minimum atomic E-state index is -0.472. The average molecular weight is 714 g/mol. The zero-order valence-electron chi connectivity index (χ0n) is 30.6. The van der Waals surface area contributed by atoms with Crippen LogP contribution in [0.3, 0.4) is 0 Å². The van der Waals surface area contributed by atoms with Crippen LogP contribution in [0.4, 0.5) is 5.69 Å². The molecule has 51 heavy (non-hydrogen) atoms. The monoisotopic (exact) mass is 713 g/mol. The molecule has 11 heteroatoms. The van der Waals surface area contributed by atoms with E-state index in [1.165, 1.54) is 18.6 Å². The van der Waals surface area contributed by atoms with Gasteiger partial charge in [0.15, 0.2) is 0 Å². The lowest BCUT2D eigenvalue weighted by atomic mass is 9.45. The van der Waals surface area contributed by atoms with Gasteiger partial charge in [-0.15, -0.1) is 11.8 Å². The van der Waals surface area contributed by atoms with Crippen LogP contribution in [0.15, 0.2) is 66.7 Å². The number of carbonyl (C=O) groups excluding carboxylic acids is 2. The minimum Gasteiger partial charge on any atom is -0.496 e. The van der Waals surface area contributed by atoms with Crippen molar-refractivity contribution < 1.29 is 19.2 Å². The predicted octanol–water partition coefficient (Wildman–Crippen LogP) is 6.23. The summed E-state index contributed by atoms with van der Waals surface area (Å²) in [5, 5.41) is 18.7. The molecule has 4 aliphatic rings. The minimum absolute atomic E-state index is 0.0836. The third-order valence-electron chi connectivity index (χ3n) is 11.6. The molecular formula is C40H51N5O5S. The number of nitrogens with zero attached hydrogens (tertiary/aromatic N) is 3. The molecule has 3 aromatic rings. The lowest BCUT2D eigenvalue weighted by molar-refractivity contribution is -0.384. The van der Waals surface area contributed by atoms with E-state index in [4.69, 9.17) is 4.74 Å². The van der Waals surface area contributed by atoms with Crippen LogP contribution in [-0.2, 0) is 17.8 Å². The van der Waals surface area contributed by atoms with Gasteiger partial charge in [-0.1, -0.05) is 69.3 Å². The molecule has 0 unspecified atom stereocenters.